The number of hydrogen-bond donors (Lipinski definition) is 0. The summed E-state index contributed by atoms with van der Waals surface area (Å²) in [5.41, 5.74) is 12.1. The molecule has 8 aromatic carbocycles. The molecule has 0 amide bonds. The van der Waals surface area contributed by atoms with Gasteiger partial charge in [0.2, 0.25) is 0 Å². The van der Waals surface area contributed by atoms with Crippen molar-refractivity contribution in [2.24, 2.45) is 0 Å². The van der Waals surface area contributed by atoms with Crippen LogP contribution in [-0.4, -0.2) is 0 Å². The van der Waals surface area contributed by atoms with Crippen LogP contribution in [0.3, 0.4) is 0 Å². The summed E-state index contributed by atoms with van der Waals surface area (Å²) in [6.45, 7) is 11.7. The molecule has 0 nitrogen and oxygen atoms in total. The Bertz CT molecular complexity index is 2460. The van der Waals surface area contributed by atoms with E-state index in [4.69, 9.17) is 0 Å². The van der Waals surface area contributed by atoms with Crippen molar-refractivity contribution in [3.8, 4) is 33.4 Å². The average Bonchev–Trinajstić information content (AvgIpc) is 3.27. The Balaban J connectivity index is 1.17. The molecule has 0 spiro atoms. The summed E-state index contributed by atoms with van der Waals surface area (Å²) in [5.74, 6) is 0. The maximum Gasteiger partial charge on any atom is 0.0159 e. The Hall–Kier alpha value is -4.94. The molecule has 45 heavy (non-hydrogen) atoms. The fourth-order valence-corrected chi connectivity index (χ4v) is 7.96. The van der Waals surface area contributed by atoms with Gasteiger partial charge in [-0.15, -0.1) is 0 Å². The predicted molar refractivity (Wildman–Crippen MR) is 195 cm³/mol. The van der Waals surface area contributed by atoms with Gasteiger partial charge in [-0.1, -0.05) is 144 Å². The van der Waals surface area contributed by atoms with Crippen molar-refractivity contribution in [1.29, 1.82) is 0 Å². The van der Waals surface area contributed by atoms with E-state index in [1.54, 1.807) is 0 Å². The summed E-state index contributed by atoms with van der Waals surface area (Å²) in [6, 6.07) is 48.4. The maximum atomic E-state index is 2.47. The summed E-state index contributed by atoms with van der Waals surface area (Å²) in [4.78, 5) is 0. The Morgan fingerprint density at radius 3 is 1.69 bits per heavy atom. The lowest BCUT2D eigenvalue weighted by Gasteiger charge is -2.23. The molecule has 0 saturated heterocycles. The van der Waals surface area contributed by atoms with Crippen LogP contribution in [0.25, 0.3) is 76.5 Å². The van der Waals surface area contributed by atoms with Crippen LogP contribution < -0.4 is 0 Å². The minimum absolute atomic E-state index is 0.0966. The topological polar surface area (TPSA) is 0 Å². The van der Waals surface area contributed by atoms with E-state index in [9.17, 15) is 0 Å². The lowest BCUT2D eigenvalue weighted by Crippen LogP contribution is -2.15. The van der Waals surface area contributed by atoms with Gasteiger partial charge in [-0.2, -0.15) is 0 Å². The largest absolute Gasteiger partial charge is 0.0616 e. The zero-order valence-corrected chi connectivity index (χ0v) is 26.6. The summed E-state index contributed by atoms with van der Waals surface area (Å²) < 4.78 is 0. The van der Waals surface area contributed by atoms with Gasteiger partial charge in [0.05, 0.1) is 0 Å². The molecule has 8 aromatic rings. The molecule has 1 aliphatic rings. The Labute approximate surface area is 265 Å². The third-order valence-electron chi connectivity index (χ3n) is 10.5. The molecular formula is C45H36. The van der Waals surface area contributed by atoms with E-state index in [-0.39, 0.29) is 10.8 Å². The van der Waals surface area contributed by atoms with Crippen molar-refractivity contribution < 1.29 is 0 Å². The Morgan fingerprint density at radius 2 is 0.956 bits per heavy atom. The van der Waals surface area contributed by atoms with E-state index in [2.05, 4.69) is 162 Å². The van der Waals surface area contributed by atoms with E-state index in [0.29, 0.717) is 0 Å². The molecule has 0 heteroatoms. The molecule has 1 aliphatic carbocycles. The molecule has 0 aromatic heterocycles. The van der Waals surface area contributed by atoms with Gasteiger partial charge in [0.1, 0.15) is 0 Å². The fraction of sp³-hybridized carbons (Fsp3) is 0.156. The molecule has 0 heterocycles. The van der Waals surface area contributed by atoms with Crippen LogP contribution in [0.2, 0.25) is 0 Å². The van der Waals surface area contributed by atoms with Crippen molar-refractivity contribution >= 4 is 43.1 Å². The van der Waals surface area contributed by atoms with Gasteiger partial charge in [0, 0.05) is 5.41 Å². The molecule has 9 rings (SSSR count). The third kappa shape index (κ3) is 3.85. The second kappa shape index (κ2) is 9.05. The van der Waals surface area contributed by atoms with Gasteiger partial charge in [0.15, 0.2) is 0 Å². The van der Waals surface area contributed by atoms with Gasteiger partial charge in [-0.25, -0.2) is 0 Å². The second-order valence-electron chi connectivity index (χ2n) is 14.6. The first-order valence-electron chi connectivity index (χ1n) is 16.2. The van der Waals surface area contributed by atoms with Crippen LogP contribution in [0.15, 0.2) is 127 Å². The summed E-state index contributed by atoms with van der Waals surface area (Å²) in [7, 11) is 0. The lowest BCUT2D eigenvalue weighted by atomic mass is 9.80. The highest BCUT2D eigenvalue weighted by molar-refractivity contribution is 6.25. The minimum Gasteiger partial charge on any atom is -0.0616 e. The van der Waals surface area contributed by atoms with Crippen LogP contribution in [-0.2, 0) is 10.8 Å². The molecular weight excluding hydrogens is 540 g/mol. The van der Waals surface area contributed by atoms with Gasteiger partial charge >= 0.3 is 0 Å². The highest BCUT2D eigenvalue weighted by atomic mass is 14.4. The lowest BCUT2D eigenvalue weighted by molar-refractivity contribution is 0.591. The summed E-state index contributed by atoms with van der Waals surface area (Å²) >= 11 is 0. The average molecular weight is 577 g/mol. The summed E-state index contributed by atoms with van der Waals surface area (Å²) in [6.07, 6.45) is 0. The first kappa shape index (κ1) is 26.5. The molecule has 216 valence electrons. The second-order valence-corrected chi connectivity index (χ2v) is 14.6. The standard InChI is InChI=1S/C45H36/c1-44(2,3)35-23-33-13-11-28-14-18-36(39-21-17-34(24-35)42(33)43(28)39)32-16-20-38-37-19-15-31(25-40(37)45(4,5)41(38)26-32)30-12-10-27-8-6-7-9-29(27)22-30/h6-26H,1-5H3. The van der Waals surface area contributed by atoms with E-state index in [0.717, 1.165) is 0 Å². The first-order valence-corrected chi connectivity index (χ1v) is 16.2. The van der Waals surface area contributed by atoms with Gasteiger partial charge < -0.3 is 0 Å². The van der Waals surface area contributed by atoms with Crippen molar-refractivity contribution in [2.75, 3.05) is 0 Å². The third-order valence-corrected chi connectivity index (χ3v) is 10.5. The van der Waals surface area contributed by atoms with Crippen molar-refractivity contribution in [3.05, 3.63) is 144 Å². The minimum atomic E-state index is -0.0966. The zero-order chi connectivity index (χ0) is 30.7. The number of fused-ring (bicyclic) bond motifs is 4. The zero-order valence-electron chi connectivity index (χ0n) is 26.6. The molecule has 0 aliphatic heterocycles. The summed E-state index contributed by atoms with van der Waals surface area (Å²) in [5, 5.41) is 10.6. The SMILES string of the molecule is CC(C)(C)c1cc2ccc3ccc(-c4ccc5c(c4)C(C)(C)c4cc(-c6ccc7ccccc7c6)ccc4-5)c4ccc(c1)c2c34. The smallest absolute Gasteiger partial charge is 0.0159 e. The van der Waals surface area contributed by atoms with Crippen LogP contribution in [0, 0.1) is 0 Å². The van der Waals surface area contributed by atoms with Crippen LogP contribution in [0.5, 0.6) is 0 Å². The number of rotatable bonds is 2. The van der Waals surface area contributed by atoms with Gasteiger partial charge in [-0.05, 0) is 117 Å². The van der Waals surface area contributed by atoms with Crippen LogP contribution in [0.1, 0.15) is 51.3 Å². The highest BCUT2D eigenvalue weighted by Gasteiger charge is 2.36. The van der Waals surface area contributed by atoms with Gasteiger partial charge in [-0.3, -0.25) is 0 Å². The van der Waals surface area contributed by atoms with E-state index in [1.807, 2.05) is 0 Å². The maximum absolute atomic E-state index is 2.47. The van der Waals surface area contributed by atoms with E-state index < -0.39 is 0 Å². The Kier molecular flexibility index (Phi) is 5.32. The normalized spacial score (nSPS) is 14.1. The van der Waals surface area contributed by atoms with Crippen molar-refractivity contribution in [1.82, 2.24) is 0 Å². The molecule has 0 unspecified atom stereocenters. The number of hydrogen-bond acceptors (Lipinski definition) is 0. The molecule has 0 fully saturated rings. The molecule has 0 bridgehead atoms. The Morgan fingerprint density at radius 1 is 0.422 bits per heavy atom. The van der Waals surface area contributed by atoms with E-state index in [1.165, 1.54) is 93.2 Å². The van der Waals surface area contributed by atoms with Crippen molar-refractivity contribution in [2.45, 2.75) is 45.4 Å². The fourth-order valence-electron chi connectivity index (χ4n) is 7.96. The molecule has 0 N–H and O–H groups in total. The molecule has 0 saturated carbocycles. The molecule has 0 atom stereocenters. The van der Waals surface area contributed by atoms with E-state index >= 15 is 0 Å². The van der Waals surface area contributed by atoms with Crippen LogP contribution in [0.4, 0.5) is 0 Å². The predicted octanol–water partition coefficient (Wildman–Crippen LogP) is 12.7. The first-order chi connectivity index (χ1) is 21.7. The highest BCUT2D eigenvalue weighted by Crippen LogP contribution is 2.51. The number of benzene rings is 8. The molecule has 0 radical (unpaired) electrons. The van der Waals surface area contributed by atoms with Crippen LogP contribution >= 0.6 is 0 Å². The van der Waals surface area contributed by atoms with Crippen molar-refractivity contribution in [3.63, 3.8) is 0 Å². The quantitative estimate of drug-likeness (QED) is 0.180. The monoisotopic (exact) mass is 576 g/mol. The van der Waals surface area contributed by atoms with Gasteiger partial charge in [0.25, 0.3) is 0 Å².